The van der Waals surface area contributed by atoms with Gasteiger partial charge in [-0.2, -0.15) is 9.30 Å². The molecular weight excluding hydrogens is 466 g/mol. The zero-order valence-corrected chi connectivity index (χ0v) is 20.7. The van der Waals surface area contributed by atoms with Crippen molar-refractivity contribution < 1.29 is 13.2 Å². The Morgan fingerprint density at radius 2 is 1.91 bits per heavy atom. The number of carbonyl (C=O) groups is 1. The van der Waals surface area contributed by atoms with Gasteiger partial charge >= 0.3 is 0 Å². The Morgan fingerprint density at radius 3 is 2.56 bits per heavy atom. The monoisotopic (exact) mass is 491 g/mol. The molecule has 0 N–H and O–H groups in total. The standard InChI is InChI=1S/C23H26ClN3O3S2/c1-4-26-21-16(3)19(24)12-13-20(21)31-23(26)25-22(28)17-8-10-18(11-9-17)32(29,30)27-14-6-5-7-15(27)2/h8-13,15H,4-7,14H2,1-3H3. The van der Waals surface area contributed by atoms with E-state index in [0.717, 1.165) is 35.0 Å². The lowest BCUT2D eigenvalue weighted by atomic mass is 10.1. The molecule has 170 valence electrons. The van der Waals surface area contributed by atoms with Crippen LogP contribution in [0.4, 0.5) is 0 Å². The van der Waals surface area contributed by atoms with Crippen LogP contribution < -0.4 is 4.80 Å². The summed E-state index contributed by atoms with van der Waals surface area (Å²) in [6, 6.07) is 9.86. The van der Waals surface area contributed by atoms with Crippen molar-refractivity contribution in [3.8, 4) is 0 Å². The predicted molar refractivity (Wildman–Crippen MR) is 129 cm³/mol. The number of sulfonamides is 1. The number of aryl methyl sites for hydroxylation is 2. The highest BCUT2D eigenvalue weighted by molar-refractivity contribution is 7.89. The van der Waals surface area contributed by atoms with Crippen molar-refractivity contribution in [2.24, 2.45) is 4.99 Å². The fourth-order valence-electron chi connectivity index (χ4n) is 4.18. The summed E-state index contributed by atoms with van der Waals surface area (Å²) in [5.41, 5.74) is 2.29. The fourth-order valence-corrected chi connectivity index (χ4v) is 7.18. The first kappa shape index (κ1) is 23.2. The number of aromatic nitrogens is 1. The van der Waals surface area contributed by atoms with Gasteiger partial charge in [0.15, 0.2) is 4.80 Å². The van der Waals surface area contributed by atoms with E-state index in [1.165, 1.54) is 23.5 Å². The lowest BCUT2D eigenvalue weighted by Crippen LogP contribution is -2.41. The number of piperidine rings is 1. The molecule has 1 unspecified atom stereocenters. The molecule has 0 radical (unpaired) electrons. The van der Waals surface area contributed by atoms with Crippen molar-refractivity contribution in [3.63, 3.8) is 0 Å². The third-order valence-electron chi connectivity index (χ3n) is 5.99. The molecule has 1 atom stereocenters. The van der Waals surface area contributed by atoms with Gasteiger partial charge in [0.05, 0.1) is 15.1 Å². The molecule has 3 aromatic rings. The average Bonchev–Trinajstić information content (AvgIpc) is 3.14. The minimum Gasteiger partial charge on any atom is -0.316 e. The van der Waals surface area contributed by atoms with Crippen LogP contribution in [-0.2, 0) is 16.6 Å². The molecule has 9 heteroatoms. The number of hydrogen-bond acceptors (Lipinski definition) is 4. The molecule has 1 aromatic heterocycles. The first-order valence-corrected chi connectivity index (χ1v) is 13.4. The van der Waals surface area contributed by atoms with E-state index in [-0.39, 0.29) is 10.9 Å². The molecule has 2 heterocycles. The van der Waals surface area contributed by atoms with Gasteiger partial charge in [-0.15, -0.1) is 0 Å². The van der Waals surface area contributed by atoms with E-state index in [9.17, 15) is 13.2 Å². The fraction of sp³-hybridized carbons (Fsp3) is 0.391. The van der Waals surface area contributed by atoms with Gasteiger partial charge in [0.25, 0.3) is 5.91 Å². The minimum atomic E-state index is -3.57. The molecule has 0 aliphatic carbocycles. The lowest BCUT2D eigenvalue weighted by molar-refractivity contribution is 0.0997. The number of amides is 1. The summed E-state index contributed by atoms with van der Waals surface area (Å²) >= 11 is 7.72. The SMILES string of the molecule is CCn1c(=NC(=O)c2ccc(S(=O)(=O)N3CCCCC3C)cc2)sc2ccc(Cl)c(C)c21. The Morgan fingerprint density at radius 1 is 1.19 bits per heavy atom. The van der Waals surface area contributed by atoms with Crippen molar-refractivity contribution in [3.05, 3.63) is 57.3 Å². The molecule has 0 saturated carbocycles. The van der Waals surface area contributed by atoms with E-state index < -0.39 is 15.9 Å². The number of thiazole rings is 1. The second-order valence-corrected chi connectivity index (χ2v) is 11.4. The minimum absolute atomic E-state index is 0.0144. The summed E-state index contributed by atoms with van der Waals surface area (Å²) in [5.74, 6) is -0.405. The maximum absolute atomic E-state index is 13.0. The molecule has 0 bridgehead atoms. The zero-order chi connectivity index (χ0) is 23.0. The number of nitrogens with zero attached hydrogens (tertiary/aromatic N) is 3. The highest BCUT2D eigenvalue weighted by Crippen LogP contribution is 2.28. The number of benzene rings is 2. The van der Waals surface area contributed by atoms with Gasteiger partial charge in [0.1, 0.15) is 0 Å². The summed E-state index contributed by atoms with van der Waals surface area (Å²) in [6.45, 7) is 7.08. The van der Waals surface area contributed by atoms with Crippen LogP contribution in [0.3, 0.4) is 0 Å². The molecule has 1 amide bonds. The smallest absolute Gasteiger partial charge is 0.279 e. The summed E-state index contributed by atoms with van der Waals surface area (Å²) in [4.78, 5) is 18.0. The Labute approximate surface area is 197 Å². The van der Waals surface area contributed by atoms with Gasteiger partial charge in [0.2, 0.25) is 10.0 Å². The molecule has 1 saturated heterocycles. The van der Waals surface area contributed by atoms with Crippen LogP contribution >= 0.6 is 22.9 Å². The van der Waals surface area contributed by atoms with E-state index in [2.05, 4.69) is 4.99 Å². The average molecular weight is 492 g/mol. The van der Waals surface area contributed by atoms with Gasteiger partial charge in [-0.3, -0.25) is 4.79 Å². The van der Waals surface area contributed by atoms with Crippen molar-refractivity contribution in [1.29, 1.82) is 0 Å². The molecular formula is C23H26ClN3O3S2. The molecule has 4 rings (SSSR count). The van der Waals surface area contributed by atoms with Gasteiger partial charge in [0, 0.05) is 29.7 Å². The first-order chi connectivity index (χ1) is 15.2. The van der Waals surface area contributed by atoms with Crippen LogP contribution in [0.2, 0.25) is 5.02 Å². The second kappa shape index (κ2) is 9.09. The maximum atomic E-state index is 13.0. The van der Waals surface area contributed by atoms with Crippen LogP contribution in [0.25, 0.3) is 10.2 Å². The molecule has 32 heavy (non-hydrogen) atoms. The highest BCUT2D eigenvalue weighted by atomic mass is 35.5. The quantitative estimate of drug-likeness (QED) is 0.516. The van der Waals surface area contributed by atoms with Gasteiger partial charge < -0.3 is 4.57 Å². The first-order valence-electron chi connectivity index (χ1n) is 10.7. The van der Waals surface area contributed by atoms with Crippen molar-refractivity contribution in [2.45, 2.75) is 57.5 Å². The van der Waals surface area contributed by atoms with Crippen molar-refractivity contribution in [1.82, 2.24) is 8.87 Å². The summed E-state index contributed by atoms with van der Waals surface area (Å²) in [6.07, 6.45) is 2.78. The van der Waals surface area contributed by atoms with E-state index in [1.54, 1.807) is 16.4 Å². The lowest BCUT2D eigenvalue weighted by Gasteiger charge is -2.32. The van der Waals surface area contributed by atoms with Crippen LogP contribution in [-0.4, -0.2) is 35.8 Å². The Balaban J connectivity index is 1.67. The van der Waals surface area contributed by atoms with Crippen molar-refractivity contribution >= 4 is 49.1 Å². The molecule has 1 fully saturated rings. The summed E-state index contributed by atoms with van der Waals surface area (Å²) < 4.78 is 30.6. The maximum Gasteiger partial charge on any atom is 0.279 e. The molecule has 2 aromatic carbocycles. The van der Waals surface area contributed by atoms with Gasteiger partial charge in [-0.1, -0.05) is 29.4 Å². The molecule has 6 nitrogen and oxygen atoms in total. The van der Waals surface area contributed by atoms with Crippen LogP contribution in [0.5, 0.6) is 0 Å². The molecule has 1 aliphatic rings. The zero-order valence-electron chi connectivity index (χ0n) is 18.3. The second-order valence-electron chi connectivity index (χ2n) is 8.05. The van der Waals surface area contributed by atoms with E-state index in [0.29, 0.717) is 28.5 Å². The third kappa shape index (κ3) is 4.17. The Bertz CT molecular complexity index is 1340. The number of carbonyl (C=O) groups excluding carboxylic acids is 1. The Hall–Kier alpha value is -2.00. The van der Waals surface area contributed by atoms with Crippen LogP contribution in [0.1, 0.15) is 49.0 Å². The predicted octanol–water partition coefficient (Wildman–Crippen LogP) is 4.99. The van der Waals surface area contributed by atoms with Gasteiger partial charge in [-0.25, -0.2) is 8.42 Å². The van der Waals surface area contributed by atoms with Crippen LogP contribution in [0, 0.1) is 6.92 Å². The third-order valence-corrected chi connectivity index (χ3v) is 9.47. The van der Waals surface area contributed by atoms with Gasteiger partial charge in [-0.05, 0) is 75.6 Å². The highest BCUT2D eigenvalue weighted by Gasteiger charge is 2.30. The van der Waals surface area contributed by atoms with Crippen LogP contribution in [0.15, 0.2) is 46.3 Å². The van der Waals surface area contributed by atoms with E-state index in [1.807, 2.05) is 37.5 Å². The summed E-state index contributed by atoms with van der Waals surface area (Å²) in [7, 11) is -3.57. The largest absolute Gasteiger partial charge is 0.316 e. The molecule has 1 aliphatic heterocycles. The van der Waals surface area contributed by atoms with E-state index >= 15 is 0 Å². The summed E-state index contributed by atoms with van der Waals surface area (Å²) in [5, 5.41) is 0.676. The normalized spacial score (nSPS) is 18.4. The molecule has 0 spiro atoms. The number of hydrogen-bond donors (Lipinski definition) is 0. The number of halogens is 1. The Kier molecular flexibility index (Phi) is 6.58. The topological polar surface area (TPSA) is 71.7 Å². The van der Waals surface area contributed by atoms with E-state index in [4.69, 9.17) is 11.6 Å². The van der Waals surface area contributed by atoms with Crippen molar-refractivity contribution in [2.75, 3.05) is 6.54 Å². The number of fused-ring (bicyclic) bond motifs is 1. The number of rotatable bonds is 4.